The molecule has 20 heavy (non-hydrogen) atoms. The van der Waals surface area contributed by atoms with Crippen molar-refractivity contribution >= 4 is 5.71 Å². The lowest BCUT2D eigenvalue weighted by atomic mass is 9.76. The first kappa shape index (κ1) is 12.9. The van der Waals surface area contributed by atoms with Gasteiger partial charge in [0, 0.05) is 11.9 Å². The smallest absolute Gasteiger partial charge is 0.0565 e. The van der Waals surface area contributed by atoms with E-state index in [1.165, 1.54) is 22.3 Å². The Morgan fingerprint density at radius 1 is 0.950 bits per heavy atom. The van der Waals surface area contributed by atoms with E-state index in [2.05, 4.69) is 67.4 Å². The summed E-state index contributed by atoms with van der Waals surface area (Å²) in [6.45, 7) is 6.40. The summed E-state index contributed by atoms with van der Waals surface area (Å²) in [6, 6.07) is 17.3. The molecule has 0 atom stereocenters. The zero-order valence-electron chi connectivity index (χ0n) is 12.2. The second-order valence-corrected chi connectivity index (χ2v) is 5.41. The molecule has 1 nitrogen and oxygen atoms in total. The van der Waals surface area contributed by atoms with Crippen LogP contribution in [0.15, 0.2) is 65.8 Å². The molecule has 3 rings (SSSR count). The second kappa shape index (κ2) is 4.75. The number of nitrogens with zero attached hydrogens (tertiary/aromatic N) is 1. The Bertz CT molecular complexity index is 662. The van der Waals surface area contributed by atoms with Gasteiger partial charge >= 0.3 is 0 Å². The average Bonchev–Trinajstić information content (AvgIpc) is 2.77. The van der Waals surface area contributed by atoms with Crippen LogP contribution in [0.25, 0.3) is 11.1 Å². The summed E-state index contributed by atoms with van der Waals surface area (Å²) in [7, 11) is 0. The SMILES string of the molecule is C/C=C\N=C(C)C1(C)c2ccccc2-c2ccccc21. The van der Waals surface area contributed by atoms with Crippen molar-refractivity contribution in [3.8, 4) is 11.1 Å². The van der Waals surface area contributed by atoms with Crippen LogP contribution in [-0.2, 0) is 5.41 Å². The monoisotopic (exact) mass is 261 g/mol. The zero-order valence-corrected chi connectivity index (χ0v) is 12.2. The minimum atomic E-state index is -0.132. The van der Waals surface area contributed by atoms with Gasteiger partial charge < -0.3 is 0 Å². The van der Waals surface area contributed by atoms with Gasteiger partial charge in [-0.25, -0.2) is 0 Å². The minimum absolute atomic E-state index is 0.132. The van der Waals surface area contributed by atoms with Crippen molar-refractivity contribution in [3.63, 3.8) is 0 Å². The van der Waals surface area contributed by atoms with Gasteiger partial charge in [-0.2, -0.15) is 0 Å². The maximum atomic E-state index is 4.63. The van der Waals surface area contributed by atoms with Crippen molar-refractivity contribution in [2.45, 2.75) is 26.2 Å². The standard InChI is InChI=1S/C19H19N/c1-4-13-20-14(2)19(3)17-11-7-5-9-15(17)16-10-6-8-12-18(16)19/h4-13H,1-3H3/b13-4-,20-14?. The third kappa shape index (κ3) is 1.66. The highest BCUT2D eigenvalue weighted by molar-refractivity contribution is 6.03. The lowest BCUT2D eigenvalue weighted by molar-refractivity contribution is 0.792. The summed E-state index contributed by atoms with van der Waals surface area (Å²) in [6.07, 6.45) is 3.85. The number of hydrogen-bond acceptors (Lipinski definition) is 1. The van der Waals surface area contributed by atoms with Crippen LogP contribution in [0, 0.1) is 0 Å². The Labute approximate surface area is 120 Å². The number of aliphatic imine (C=N–C) groups is 1. The van der Waals surface area contributed by atoms with Gasteiger partial charge in [0.15, 0.2) is 0 Å². The summed E-state index contributed by atoms with van der Waals surface area (Å²) in [5, 5.41) is 0. The Morgan fingerprint density at radius 2 is 1.45 bits per heavy atom. The van der Waals surface area contributed by atoms with Gasteiger partial charge in [-0.3, -0.25) is 4.99 Å². The molecule has 0 radical (unpaired) electrons. The van der Waals surface area contributed by atoms with Crippen molar-refractivity contribution in [2.75, 3.05) is 0 Å². The van der Waals surface area contributed by atoms with Gasteiger partial charge in [-0.15, -0.1) is 0 Å². The first-order chi connectivity index (χ1) is 9.69. The molecule has 0 saturated carbocycles. The van der Waals surface area contributed by atoms with Gasteiger partial charge in [0.25, 0.3) is 0 Å². The summed E-state index contributed by atoms with van der Waals surface area (Å²) in [5.41, 5.74) is 6.38. The van der Waals surface area contributed by atoms with E-state index in [0.717, 1.165) is 5.71 Å². The fourth-order valence-electron chi connectivity index (χ4n) is 3.16. The molecule has 0 unspecified atom stereocenters. The largest absolute Gasteiger partial charge is 0.265 e. The molecule has 1 aliphatic carbocycles. The highest BCUT2D eigenvalue weighted by atomic mass is 14.7. The van der Waals surface area contributed by atoms with E-state index in [1.807, 2.05) is 19.2 Å². The van der Waals surface area contributed by atoms with Crippen molar-refractivity contribution < 1.29 is 0 Å². The molecule has 100 valence electrons. The molecule has 2 aromatic carbocycles. The van der Waals surface area contributed by atoms with Gasteiger partial charge in [0.2, 0.25) is 0 Å². The number of hydrogen-bond donors (Lipinski definition) is 0. The quantitative estimate of drug-likeness (QED) is 0.677. The molecule has 0 spiro atoms. The summed E-state index contributed by atoms with van der Waals surface area (Å²) in [5.74, 6) is 0. The molecule has 0 heterocycles. The number of benzene rings is 2. The maximum absolute atomic E-state index is 4.63. The van der Waals surface area contributed by atoms with Crippen molar-refractivity contribution in [3.05, 3.63) is 71.9 Å². The van der Waals surface area contributed by atoms with Crippen molar-refractivity contribution in [2.24, 2.45) is 4.99 Å². The van der Waals surface area contributed by atoms with E-state index in [9.17, 15) is 0 Å². The van der Waals surface area contributed by atoms with E-state index in [0.29, 0.717) is 0 Å². The lowest BCUT2D eigenvalue weighted by Gasteiger charge is -2.27. The third-order valence-electron chi connectivity index (χ3n) is 4.36. The van der Waals surface area contributed by atoms with Gasteiger partial charge in [-0.05, 0) is 43.0 Å². The van der Waals surface area contributed by atoms with Crippen molar-refractivity contribution in [1.29, 1.82) is 0 Å². The van der Waals surface area contributed by atoms with E-state index in [1.54, 1.807) is 0 Å². The van der Waals surface area contributed by atoms with Crippen LogP contribution in [0.4, 0.5) is 0 Å². The summed E-state index contributed by atoms with van der Waals surface area (Å²) in [4.78, 5) is 4.63. The molecule has 0 bridgehead atoms. The van der Waals surface area contributed by atoms with E-state index in [-0.39, 0.29) is 5.41 Å². The normalized spacial score (nSPS) is 16.2. The molecule has 0 fully saturated rings. The first-order valence-electron chi connectivity index (χ1n) is 7.05. The fourth-order valence-corrected chi connectivity index (χ4v) is 3.16. The van der Waals surface area contributed by atoms with Gasteiger partial charge in [0.1, 0.15) is 0 Å². The molecule has 0 saturated heterocycles. The van der Waals surface area contributed by atoms with Crippen LogP contribution in [0.1, 0.15) is 31.9 Å². The molecule has 1 aliphatic rings. The third-order valence-corrected chi connectivity index (χ3v) is 4.36. The second-order valence-electron chi connectivity index (χ2n) is 5.41. The number of rotatable bonds is 2. The number of fused-ring (bicyclic) bond motifs is 3. The van der Waals surface area contributed by atoms with Crippen LogP contribution in [0.3, 0.4) is 0 Å². The molecule has 0 aromatic heterocycles. The van der Waals surface area contributed by atoms with E-state index < -0.39 is 0 Å². The van der Waals surface area contributed by atoms with Crippen molar-refractivity contribution in [1.82, 2.24) is 0 Å². The first-order valence-corrected chi connectivity index (χ1v) is 7.05. The lowest BCUT2D eigenvalue weighted by Crippen LogP contribution is -2.29. The minimum Gasteiger partial charge on any atom is -0.265 e. The predicted molar refractivity (Wildman–Crippen MR) is 86.3 cm³/mol. The predicted octanol–water partition coefficient (Wildman–Crippen LogP) is 4.97. The van der Waals surface area contributed by atoms with Gasteiger partial charge in [0.05, 0.1) is 5.41 Å². The molecule has 0 N–H and O–H groups in total. The Kier molecular flexibility index (Phi) is 3.06. The fraction of sp³-hybridized carbons (Fsp3) is 0.211. The Morgan fingerprint density at radius 3 is 1.95 bits per heavy atom. The van der Waals surface area contributed by atoms with E-state index in [4.69, 9.17) is 0 Å². The topological polar surface area (TPSA) is 12.4 Å². The molecule has 0 amide bonds. The van der Waals surface area contributed by atoms with Crippen LogP contribution < -0.4 is 0 Å². The molecular formula is C19H19N. The molecule has 1 heteroatoms. The van der Waals surface area contributed by atoms with Crippen LogP contribution in [-0.4, -0.2) is 5.71 Å². The molecular weight excluding hydrogens is 242 g/mol. The van der Waals surface area contributed by atoms with E-state index >= 15 is 0 Å². The molecule has 2 aromatic rings. The highest BCUT2D eigenvalue weighted by Gasteiger charge is 2.40. The Balaban J connectivity index is 2.31. The van der Waals surface area contributed by atoms with Crippen LogP contribution in [0.2, 0.25) is 0 Å². The average molecular weight is 261 g/mol. The zero-order chi connectivity index (χ0) is 14.2. The van der Waals surface area contributed by atoms with Gasteiger partial charge in [-0.1, -0.05) is 54.6 Å². The number of allylic oxidation sites excluding steroid dienone is 1. The Hall–Kier alpha value is -2.15. The summed E-state index contributed by atoms with van der Waals surface area (Å²) < 4.78 is 0. The summed E-state index contributed by atoms with van der Waals surface area (Å²) >= 11 is 0. The van der Waals surface area contributed by atoms with Crippen LogP contribution >= 0.6 is 0 Å². The molecule has 0 aliphatic heterocycles. The maximum Gasteiger partial charge on any atom is 0.0565 e. The van der Waals surface area contributed by atoms with Crippen LogP contribution in [0.5, 0.6) is 0 Å². The highest BCUT2D eigenvalue weighted by Crippen LogP contribution is 2.49.